The molecule has 0 saturated heterocycles. The zero-order valence-electron chi connectivity index (χ0n) is 11.8. The van der Waals surface area contributed by atoms with Crippen LogP contribution in [0.5, 0.6) is 0 Å². The summed E-state index contributed by atoms with van der Waals surface area (Å²) in [5.41, 5.74) is 0. The first-order chi connectivity index (χ1) is 7.60. The Balaban J connectivity index is 3.53. The number of hydrogen-bond acceptors (Lipinski definition) is 2. The maximum Gasteiger partial charge on any atom is 0.0904 e. The van der Waals surface area contributed by atoms with Gasteiger partial charge >= 0.3 is 0 Å². The quantitative estimate of drug-likeness (QED) is 0.404. The molecule has 0 amide bonds. The van der Waals surface area contributed by atoms with E-state index in [0.717, 1.165) is 13.0 Å². The third-order valence-corrected chi connectivity index (χ3v) is 2.88. The van der Waals surface area contributed by atoms with E-state index < -0.39 is 0 Å². The molecule has 0 spiro atoms. The second-order valence-electron chi connectivity index (χ2n) is 5.24. The van der Waals surface area contributed by atoms with Crippen LogP contribution >= 0.6 is 0 Å². The van der Waals surface area contributed by atoms with Crippen LogP contribution in [0.15, 0.2) is 0 Å². The first-order valence-corrected chi connectivity index (χ1v) is 6.88. The summed E-state index contributed by atoms with van der Waals surface area (Å²) in [5.74, 6) is 1.33. The van der Waals surface area contributed by atoms with E-state index >= 15 is 0 Å². The average molecular weight is 230 g/mol. The fourth-order valence-electron chi connectivity index (χ4n) is 1.85. The number of rotatable bonds is 10. The van der Waals surface area contributed by atoms with Gasteiger partial charge in [-0.3, -0.25) is 0 Å². The molecule has 0 aliphatic carbocycles. The van der Waals surface area contributed by atoms with Crippen molar-refractivity contribution in [3.8, 4) is 0 Å². The lowest BCUT2D eigenvalue weighted by Crippen LogP contribution is -2.15. The zero-order valence-corrected chi connectivity index (χ0v) is 11.8. The van der Waals surface area contributed by atoms with E-state index in [4.69, 9.17) is 9.78 Å². The second kappa shape index (κ2) is 10.1. The van der Waals surface area contributed by atoms with Crippen LogP contribution < -0.4 is 0 Å². The van der Waals surface area contributed by atoms with Crippen molar-refractivity contribution >= 4 is 0 Å². The fraction of sp³-hybridized carbons (Fsp3) is 1.00. The van der Waals surface area contributed by atoms with Crippen molar-refractivity contribution in [1.82, 2.24) is 0 Å². The van der Waals surface area contributed by atoms with Crippen LogP contribution in [0.25, 0.3) is 0 Å². The molecule has 98 valence electrons. The molecular formula is C14H30O2. The number of hydrogen-bond donors (Lipinski definition) is 0. The minimum Gasteiger partial charge on any atom is -0.236 e. The Kier molecular flexibility index (Phi) is 10.0. The molecular weight excluding hydrogens is 200 g/mol. The number of unbranched alkanes of at least 4 members (excludes halogenated alkanes) is 1. The highest BCUT2D eigenvalue weighted by Gasteiger charge is 2.09. The molecule has 0 aliphatic rings. The van der Waals surface area contributed by atoms with Crippen LogP contribution in [0.1, 0.15) is 66.7 Å². The molecule has 0 saturated carbocycles. The summed E-state index contributed by atoms with van der Waals surface area (Å²) in [6, 6.07) is 0. The largest absolute Gasteiger partial charge is 0.236 e. The van der Waals surface area contributed by atoms with Crippen molar-refractivity contribution < 1.29 is 9.78 Å². The first-order valence-electron chi connectivity index (χ1n) is 6.88. The second-order valence-corrected chi connectivity index (χ2v) is 5.24. The van der Waals surface area contributed by atoms with Gasteiger partial charge in [0.2, 0.25) is 0 Å². The van der Waals surface area contributed by atoms with Crippen LogP contribution in [0.3, 0.4) is 0 Å². The monoisotopic (exact) mass is 230 g/mol. The van der Waals surface area contributed by atoms with Crippen molar-refractivity contribution in [2.45, 2.75) is 72.8 Å². The van der Waals surface area contributed by atoms with E-state index in [1.165, 1.54) is 25.7 Å². The van der Waals surface area contributed by atoms with Gasteiger partial charge in [0.15, 0.2) is 0 Å². The SMILES string of the molecule is CCCCC(CC)COOC(C)CC(C)C. The van der Waals surface area contributed by atoms with Gasteiger partial charge in [-0.05, 0) is 31.6 Å². The highest BCUT2D eigenvalue weighted by Crippen LogP contribution is 2.14. The zero-order chi connectivity index (χ0) is 12.4. The van der Waals surface area contributed by atoms with Gasteiger partial charge in [-0.1, -0.05) is 47.0 Å². The molecule has 0 bridgehead atoms. The van der Waals surface area contributed by atoms with Gasteiger partial charge in [-0.15, -0.1) is 0 Å². The minimum atomic E-state index is 0.212. The van der Waals surface area contributed by atoms with Gasteiger partial charge in [0.25, 0.3) is 0 Å². The Morgan fingerprint density at radius 1 is 1.06 bits per heavy atom. The third-order valence-electron chi connectivity index (χ3n) is 2.88. The van der Waals surface area contributed by atoms with Gasteiger partial charge in [0, 0.05) is 0 Å². The molecule has 0 radical (unpaired) electrons. The lowest BCUT2D eigenvalue weighted by atomic mass is 10.0. The molecule has 2 heteroatoms. The molecule has 0 heterocycles. The van der Waals surface area contributed by atoms with Crippen molar-refractivity contribution in [2.75, 3.05) is 6.61 Å². The molecule has 0 aromatic carbocycles. The van der Waals surface area contributed by atoms with E-state index in [1.807, 2.05) is 0 Å². The summed E-state index contributed by atoms with van der Waals surface area (Å²) in [6.45, 7) is 11.7. The smallest absolute Gasteiger partial charge is 0.0904 e. The van der Waals surface area contributed by atoms with Crippen LogP contribution in [0, 0.1) is 11.8 Å². The van der Waals surface area contributed by atoms with E-state index in [2.05, 4.69) is 34.6 Å². The molecule has 0 fully saturated rings. The molecule has 0 aromatic rings. The highest BCUT2D eigenvalue weighted by molar-refractivity contribution is 4.55. The third kappa shape index (κ3) is 9.17. The Labute approximate surface area is 102 Å². The molecule has 0 rings (SSSR count). The standard InChI is InChI=1S/C14H30O2/c1-6-8-9-14(7-2)11-15-16-13(5)10-12(3)4/h12-14H,6-11H2,1-5H3. The van der Waals surface area contributed by atoms with Crippen molar-refractivity contribution in [2.24, 2.45) is 11.8 Å². The van der Waals surface area contributed by atoms with Gasteiger partial charge in [-0.25, -0.2) is 9.78 Å². The summed E-state index contributed by atoms with van der Waals surface area (Å²) in [4.78, 5) is 10.7. The van der Waals surface area contributed by atoms with Gasteiger partial charge in [-0.2, -0.15) is 0 Å². The van der Waals surface area contributed by atoms with Crippen LogP contribution in [0.2, 0.25) is 0 Å². The Bertz CT molecular complexity index is 146. The van der Waals surface area contributed by atoms with Crippen molar-refractivity contribution in [1.29, 1.82) is 0 Å². The normalized spacial score (nSPS) is 15.4. The Morgan fingerprint density at radius 2 is 1.75 bits per heavy atom. The summed E-state index contributed by atoms with van der Waals surface area (Å²) in [6.07, 6.45) is 6.27. The summed E-state index contributed by atoms with van der Waals surface area (Å²) in [5, 5.41) is 0. The molecule has 2 atom stereocenters. The predicted octanol–water partition coefficient (Wildman–Crippen LogP) is 4.59. The Morgan fingerprint density at radius 3 is 2.25 bits per heavy atom. The van der Waals surface area contributed by atoms with Crippen LogP contribution in [0.4, 0.5) is 0 Å². The molecule has 0 aromatic heterocycles. The predicted molar refractivity (Wildman–Crippen MR) is 69.3 cm³/mol. The molecule has 2 nitrogen and oxygen atoms in total. The van der Waals surface area contributed by atoms with Gasteiger partial charge in [0.05, 0.1) is 12.7 Å². The maximum absolute atomic E-state index is 5.37. The van der Waals surface area contributed by atoms with E-state index in [0.29, 0.717) is 11.8 Å². The lowest BCUT2D eigenvalue weighted by Gasteiger charge is -2.17. The average Bonchev–Trinajstić information content (AvgIpc) is 2.22. The van der Waals surface area contributed by atoms with Gasteiger partial charge in [0.1, 0.15) is 0 Å². The molecule has 0 N–H and O–H groups in total. The van der Waals surface area contributed by atoms with Crippen LogP contribution in [-0.4, -0.2) is 12.7 Å². The first kappa shape index (κ1) is 15.9. The Hall–Kier alpha value is -0.0800. The summed E-state index contributed by atoms with van der Waals surface area (Å²) < 4.78 is 0. The van der Waals surface area contributed by atoms with E-state index in [1.54, 1.807) is 0 Å². The van der Waals surface area contributed by atoms with E-state index in [9.17, 15) is 0 Å². The highest BCUT2D eigenvalue weighted by atomic mass is 17.2. The lowest BCUT2D eigenvalue weighted by molar-refractivity contribution is -0.328. The summed E-state index contributed by atoms with van der Waals surface area (Å²) in [7, 11) is 0. The van der Waals surface area contributed by atoms with Crippen molar-refractivity contribution in [3.05, 3.63) is 0 Å². The van der Waals surface area contributed by atoms with Crippen molar-refractivity contribution in [3.63, 3.8) is 0 Å². The fourth-order valence-corrected chi connectivity index (χ4v) is 1.85. The molecule has 16 heavy (non-hydrogen) atoms. The molecule has 0 aliphatic heterocycles. The minimum absolute atomic E-state index is 0.212. The molecule has 2 unspecified atom stereocenters. The van der Waals surface area contributed by atoms with Crippen LogP contribution in [-0.2, 0) is 9.78 Å². The maximum atomic E-state index is 5.37. The summed E-state index contributed by atoms with van der Waals surface area (Å²) >= 11 is 0. The van der Waals surface area contributed by atoms with Gasteiger partial charge < -0.3 is 0 Å². The van der Waals surface area contributed by atoms with E-state index in [-0.39, 0.29) is 6.10 Å². The topological polar surface area (TPSA) is 18.5 Å².